The summed E-state index contributed by atoms with van der Waals surface area (Å²) in [5.74, 6) is 0.139. The number of nitrogens with zero attached hydrogens (tertiary/aromatic N) is 3. The van der Waals surface area contributed by atoms with Gasteiger partial charge in [-0.05, 0) is 19.2 Å². The standard InChI is InChI=1S/C14H17ClN4OS2/c1-18-4-6-19(7-5-18)12(20)8-10-13(17-14(16)22-10)9-2-3-11(15)21-9/h2-3H,4-8H2,1H3,(H2,16,17). The van der Waals surface area contributed by atoms with Gasteiger partial charge in [0.15, 0.2) is 5.13 Å². The lowest BCUT2D eigenvalue weighted by molar-refractivity contribution is -0.131. The van der Waals surface area contributed by atoms with E-state index in [9.17, 15) is 4.79 Å². The van der Waals surface area contributed by atoms with Crippen molar-refractivity contribution in [2.45, 2.75) is 6.42 Å². The second-order valence-electron chi connectivity index (χ2n) is 5.29. The van der Waals surface area contributed by atoms with Crippen molar-refractivity contribution >= 4 is 45.3 Å². The number of piperazine rings is 1. The van der Waals surface area contributed by atoms with Crippen molar-refractivity contribution < 1.29 is 4.79 Å². The number of thiazole rings is 1. The Morgan fingerprint density at radius 1 is 1.32 bits per heavy atom. The molecular formula is C14H17ClN4OS2. The molecule has 0 aliphatic carbocycles. The molecule has 2 aromatic rings. The summed E-state index contributed by atoms with van der Waals surface area (Å²) in [6, 6.07) is 3.76. The van der Waals surface area contributed by atoms with Crippen molar-refractivity contribution in [3.05, 3.63) is 21.3 Å². The third kappa shape index (κ3) is 3.43. The number of aromatic nitrogens is 1. The van der Waals surface area contributed by atoms with E-state index in [1.807, 2.05) is 17.0 Å². The van der Waals surface area contributed by atoms with Crippen LogP contribution >= 0.6 is 34.3 Å². The summed E-state index contributed by atoms with van der Waals surface area (Å²) in [7, 11) is 2.07. The normalized spacial score (nSPS) is 16.2. The van der Waals surface area contributed by atoms with Crippen LogP contribution in [0, 0.1) is 0 Å². The molecule has 1 saturated heterocycles. The van der Waals surface area contributed by atoms with Gasteiger partial charge in [-0.15, -0.1) is 22.7 Å². The van der Waals surface area contributed by atoms with E-state index in [1.165, 1.54) is 22.7 Å². The molecule has 1 fully saturated rings. The zero-order valence-corrected chi connectivity index (χ0v) is 14.6. The molecule has 1 aliphatic heterocycles. The highest BCUT2D eigenvalue weighted by molar-refractivity contribution is 7.20. The van der Waals surface area contributed by atoms with Crippen LogP contribution in [0.3, 0.4) is 0 Å². The van der Waals surface area contributed by atoms with Gasteiger partial charge in [-0.25, -0.2) is 4.98 Å². The first-order valence-electron chi connectivity index (χ1n) is 7.00. The van der Waals surface area contributed by atoms with Crippen LogP contribution in [0.5, 0.6) is 0 Å². The van der Waals surface area contributed by atoms with Crippen LogP contribution in [0.1, 0.15) is 4.88 Å². The number of nitrogen functional groups attached to an aromatic ring is 1. The van der Waals surface area contributed by atoms with Crippen molar-refractivity contribution in [2.24, 2.45) is 0 Å². The number of thiophene rings is 1. The van der Waals surface area contributed by atoms with Crippen molar-refractivity contribution in [2.75, 3.05) is 39.0 Å². The van der Waals surface area contributed by atoms with E-state index >= 15 is 0 Å². The third-order valence-electron chi connectivity index (χ3n) is 3.69. The topological polar surface area (TPSA) is 62.5 Å². The number of anilines is 1. The summed E-state index contributed by atoms with van der Waals surface area (Å²) in [5.41, 5.74) is 6.64. The van der Waals surface area contributed by atoms with Crippen molar-refractivity contribution in [3.63, 3.8) is 0 Å². The zero-order chi connectivity index (χ0) is 15.7. The summed E-state index contributed by atoms with van der Waals surface area (Å²) in [5, 5.41) is 0.487. The number of hydrogen-bond acceptors (Lipinski definition) is 6. The van der Waals surface area contributed by atoms with Gasteiger partial charge in [-0.1, -0.05) is 11.6 Å². The summed E-state index contributed by atoms with van der Waals surface area (Å²) in [6.45, 7) is 3.40. The molecular weight excluding hydrogens is 340 g/mol. The Balaban J connectivity index is 1.76. The van der Waals surface area contributed by atoms with Crippen LogP contribution in [0.4, 0.5) is 5.13 Å². The van der Waals surface area contributed by atoms with Gasteiger partial charge >= 0.3 is 0 Å². The maximum Gasteiger partial charge on any atom is 0.227 e. The molecule has 0 bridgehead atoms. The third-order valence-corrected chi connectivity index (χ3v) is 5.81. The molecule has 118 valence electrons. The molecule has 0 radical (unpaired) electrons. The van der Waals surface area contributed by atoms with Crippen LogP contribution in [-0.2, 0) is 11.2 Å². The molecule has 5 nitrogen and oxygen atoms in total. The van der Waals surface area contributed by atoms with Crippen LogP contribution in [0.25, 0.3) is 10.6 Å². The number of amides is 1. The number of carbonyl (C=O) groups is 1. The smallest absolute Gasteiger partial charge is 0.227 e. The highest BCUT2D eigenvalue weighted by Gasteiger charge is 2.22. The van der Waals surface area contributed by atoms with Crippen molar-refractivity contribution in [1.82, 2.24) is 14.8 Å². The molecule has 0 aromatic carbocycles. The lowest BCUT2D eigenvalue weighted by atomic mass is 10.2. The van der Waals surface area contributed by atoms with Gasteiger partial charge < -0.3 is 15.5 Å². The minimum atomic E-state index is 0.139. The molecule has 0 unspecified atom stereocenters. The highest BCUT2D eigenvalue weighted by atomic mass is 35.5. The minimum absolute atomic E-state index is 0.139. The summed E-state index contributed by atoms with van der Waals surface area (Å²) in [6.07, 6.45) is 0.351. The van der Waals surface area contributed by atoms with Crippen LogP contribution in [-0.4, -0.2) is 53.9 Å². The Bertz CT molecular complexity index is 676. The van der Waals surface area contributed by atoms with E-state index in [1.54, 1.807) is 0 Å². The van der Waals surface area contributed by atoms with Crippen LogP contribution in [0.2, 0.25) is 4.34 Å². The second kappa shape index (κ2) is 6.54. The van der Waals surface area contributed by atoms with Gasteiger partial charge in [0.25, 0.3) is 0 Å². The van der Waals surface area contributed by atoms with Crippen molar-refractivity contribution in [1.29, 1.82) is 0 Å². The number of likely N-dealkylation sites (N-methyl/N-ethyl adjacent to an activating group) is 1. The monoisotopic (exact) mass is 356 g/mol. The first kappa shape index (κ1) is 15.7. The predicted molar refractivity (Wildman–Crippen MR) is 92.6 cm³/mol. The van der Waals surface area contributed by atoms with E-state index in [0.29, 0.717) is 15.9 Å². The van der Waals surface area contributed by atoms with E-state index in [0.717, 1.165) is 41.6 Å². The molecule has 0 saturated carbocycles. The van der Waals surface area contributed by atoms with Crippen LogP contribution < -0.4 is 5.73 Å². The molecule has 0 spiro atoms. The Kier molecular flexibility index (Phi) is 4.67. The van der Waals surface area contributed by atoms with E-state index in [4.69, 9.17) is 17.3 Å². The summed E-state index contributed by atoms with van der Waals surface area (Å²) < 4.78 is 0.706. The fourth-order valence-corrected chi connectivity index (χ4v) is 4.39. The molecule has 22 heavy (non-hydrogen) atoms. The number of carbonyl (C=O) groups excluding carboxylic acids is 1. The molecule has 8 heteroatoms. The fraction of sp³-hybridized carbons (Fsp3) is 0.429. The lowest BCUT2D eigenvalue weighted by Crippen LogP contribution is -2.47. The maximum absolute atomic E-state index is 12.5. The highest BCUT2D eigenvalue weighted by Crippen LogP contribution is 2.36. The zero-order valence-electron chi connectivity index (χ0n) is 12.2. The molecule has 1 aliphatic rings. The quantitative estimate of drug-likeness (QED) is 0.917. The Morgan fingerprint density at radius 3 is 2.68 bits per heavy atom. The van der Waals surface area contributed by atoms with E-state index in [2.05, 4.69) is 16.9 Å². The van der Waals surface area contributed by atoms with Gasteiger partial charge in [0.2, 0.25) is 5.91 Å². The van der Waals surface area contributed by atoms with Gasteiger partial charge in [0.05, 0.1) is 21.3 Å². The van der Waals surface area contributed by atoms with Crippen LogP contribution in [0.15, 0.2) is 12.1 Å². The molecule has 2 N–H and O–H groups in total. The molecule has 2 aromatic heterocycles. The Morgan fingerprint density at radius 2 is 2.05 bits per heavy atom. The predicted octanol–water partition coefficient (Wildman–Crippen LogP) is 2.42. The van der Waals surface area contributed by atoms with Gasteiger partial charge in [-0.3, -0.25) is 4.79 Å². The Hall–Kier alpha value is -1.15. The molecule has 0 atom stereocenters. The Labute approximate surface area is 142 Å². The summed E-state index contributed by atoms with van der Waals surface area (Å²) >= 11 is 8.83. The second-order valence-corrected chi connectivity index (χ2v) is 8.12. The largest absolute Gasteiger partial charge is 0.375 e. The number of halogens is 1. The minimum Gasteiger partial charge on any atom is -0.375 e. The van der Waals surface area contributed by atoms with Gasteiger partial charge in [-0.2, -0.15) is 0 Å². The molecule has 3 heterocycles. The first-order chi connectivity index (χ1) is 10.5. The number of rotatable bonds is 3. The van der Waals surface area contributed by atoms with Crippen molar-refractivity contribution in [3.8, 4) is 10.6 Å². The van der Waals surface area contributed by atoms with Gasteiger partial charge in [0.1, 0.15) is 0 Å². The first-order valence-corrected chi connectivity index (χ1v) is 9.01. The average molecular weight is 357 g/mol. The van der Waals surface area contributed by atoms with Gasteiger partial charge in [0, 0.05) is 31.1 Å². The maximum atomic E-state index is 12.5. The fourth-order valence-electron chi connectivity index (χ4n) is 2.43. The van der Waals surface area contributed by atoms with E-state index in [-0.39, 0.29) is 5.91 Å². The van der Waals surface area contributed by atoms with E-state index < -0.39 is 0 Å². The lowest BCUT2D eigenvalue weighted by Gasteiger charge is -2.32. The SMILES string of the molecule is CN1CCN(C(=O)Cc2sc(N)nc2-c2ccc(Cl)s2)CC1. The number of nitrogens with two attached hydrogens (primary N) is 1. The molecule has 3 rings (SSSR count). The summed E-state index contributed by atoms with van der Waals surface area (Å²) in [4.78, 5) is 22.9. The molecule has 1 amide bonds. The number of hydrogen-bond donors (Lipinski definition) is 1. The average Bonchev–Trinajstić information content (AvgIpc) is 3.05.